The van der Waals surface area contributed by atoms with Gasteiger partial charge in [0.15, 0.2) is 6.10 Å². The summed E-state index contributed by atoms with van der Waals surface area (Å²) in [5, 5.41) is 8.35. The first-order chi connectivity index (χ1) is 16.0. The molecule has 2 aromatic rings. The molecule has 1 N–H and O–H groups in total. The number of benzene rings is 2. The number of esters is 2. The Bertz CT molecular complexity index is 1160. The number of methoxy groups -OCH3 is 2. The zero-order chi connectivity index (χ0) is 27.4. The highest BCUT2D eigenvalue weighted by atomic mass is 35.7. The van der Waals surface area contributed by atoms with Crippen LogP contribution >= 0.6 is 10.7 Å². The van der Waals surface area contributed by atoms with Crippen molar-refractivity contribution in [3.63, 3.8) is 0 Å². The summed E-state index contributed by atoms with van der Waals surface area (Å²) < 4.78 is 58.1. The van der Waals surface area contributed by atoms with Crippen molar-refractivity contribution in [2.75, 3.05) is 14.2 Å². The van der Waals surface area contributed by atoms with Crippen molar-refractivity contribution in [2.45, 2.75) is 57.1 Å². The molecule has 0 radical (unpaired) electrons. The first kappa shape index (κ1) is 35.7. The van der Waals surface area contributed by atoms with Crippen molar-refractivity contribution in [1.29, 1.82) is 0 Å². The number of aliphatic hydroxyl groups is 1. The molecule has 0 aliphatic rings. The molecular weight excluding hydrogens is 536 g/mol. The summed E-state index contributed by atoms with van der Waals surface area (Å²) in [6.45, 7) is 6.39. The lowest BCUT2D eigenvalue weighted by atomic mass is 10.2. The van der Waals surface area contributed by atoms with Crippen LogP contribution in [-0.4, -0.2) is 60.3 Å². The number of ether oxygens (including phenoxy) is 2. The van der Waals surface area contributed by atoms with Crippen molar-refractivity contribution in [2.24, 2.45) is 0 Å². The maximum Gasteiger partial charge on any atom is 0.336 e. The van der Waals surface area contributed by atoms with E-state index in [2.05, 4.69) is 9.47 Å². The highest BCUT2D eigenvalue weighted by molar-refractivity contribution is 8.13. The van der Waals surface area contributed by atoms with Crippen molar-refractivity contribution < 1.29 is 45.2 Å². The minimum absolute atomic E-state index is 0. The fourth-order valence-electron chi connectivity index (χ4n) is 2.03. The first-order valence-corrected chi connectivity index (χ1v) is 13.6. The molecule has 0 bridgehead atoms. The van der Waals surface area contributed by atoms with E-state index >= 15 is 0 Å². The minimum Gasteiger partial charge on any atom is -0.467 e. The molecule has 0 amide bonds. The van der Waals surface area contributed by atoms with E-state index in [1.165, 1.54) is 52.3 Å². The van der Waals surface area contributed by atoms with E-state index in [0.29, 0.717) is 0 Å². The first-order valence-electron chi connectivity index (χ1n) is 9.90. The van der Waals surface area contributed by atoms with Gasteiger partial charge in [-0.15, -0.1) is 0 Å². The average molecular weight is 569 g/mol. The largest absolute Gasteiger partial charge is 0.467 e. The summed E-state index contributed by atoms with van der Waals surface area (Å²) >= 11 is 0. The fraction of sp³-hybridized carbons (Fsp3) is 0.391. The van der Waals surface area contributed by atoms with Gasteiger partial charge < -0.3 is 14.6 Å². The number of hydrogen-bond donors (Lipinski definition) is 1. The van der Waals surface area contributed by atoms with Gasteiger partial charge in [-0.2, -0.15) is 8.42 Å². The number of hydrogen-bond acceptors (Lipinski definition) is 10. The van der Waals surface area contributed by atoms with Gasteiger partial charge in [0.05, 0.1) is 24.0 Å². The highest BCUT2D eigenvalue weighted by Gasteiger charge is 2.24. The van der Waals surface area contributed by atoms with Crippen LogP contribution in [0.4, 0.5) is 0 Å². The molecule has 0 aliphatic heterocycles. The van der Waals surface area contributed by atoms with Gasteiger partial charge in [0.1, 0.15) is 6.10 Å². The van der Waals surface area contributed by atoms with Gasteiger partial charge in [-0.05, 0) is 52.0 Å². The Balaban J connectivity index is 0. The second-order valence-corrected chi connectivity index (χ2v) is 11.1. The lowest BCUT2D eigenvalue weighted by Crippen LogP contribution is -2.25. The van der Waals surface area contributed by atoms with E-state index in [9.17, 15) is 26.4 Å². The highest BCUT2D eigenvalue weighted by Crippen LogP contribution is 2.16. The summed E-state index contributed by atoms with van der Waals surface area (Å²) in [5.74, 6) is -1.33. The van der Waals surface area contributed by atoms with Gasteiger partial charge in [-0.3, -0.25) is 4.18 Å². The molecule has 0 spiro atoms. The van der Waals surface area contributed by atoms with E-state index in [0.717, 1.165) is 11.1 Å². The predicted octanol–water partition coefficient (Wildman–Crippen LogP) is 3.36. The third kappa shape index (κ3) is 13.5. The molecule has 0 heterocycles. The Morgan fingerprint density at radius 1 is 0.778 bits per heavy atom. The van der Waals surface area contributed by atoms with Gasteiger partial charge in [0.25, 0.3) is 19.2 Å². The molecule has 0 unspecified atom stereocenters. The van der Waals surface area contributed by atoms with E-state index < -0.39 is 43.3 Å². The molecule has 0 saturated carbocycles. The van der Waals surface area contributed by atoms with E-state index in [4.69, 9.17) is 20.0 Å². The molecule has 13 heteroatoms. The molecular formula is C23H33ClO10S2. The molecule has 2 aromatic carbocycles. The Morgan fingerprint density at radius 3 is 1.42 bits per heavy atom. The lowest BCUT2D eigenvalue weighted by molar-refractivity contribution is -0.149. The van der Waals surface area contributed by atoms with E-state index in [1.54, 1.807) is 24.3 Å². The van der Waals surface area contributed by atoms with Crippen LogP contribution in [0.1, 0.15) is 32.4 Å². The van der Waals surface area contributed by atoms with Crippen molar-refractivity contribution in [3.05, 3.63) is 59.7 Å². The van der Waals surface area contributed by atoms with Crippen molar-refractivity contribution >= 4 is 41.8 Å². The normalized spacial score (nSPS) is 12.2. The summed E-state index contributed by atoms with van der Waals surface area (Å²) in [6.07, 6.45) is -2.16. The molecule has 36 heavy (non-hydrogen) atoms. The number of rotatable bonds is 6. The number of carbonyl (C=O) groups excluding carboxylic acids is 2. The third-order valence-corrected chi connectivity index (χ3v) is 6.72. The van der Waals surface area contributed by atoms with Crippen LogP contribution in [0.5, 0.6) is 0 Å². The molecule has 2 atom stereocenters. The molecule has 204 valence electrons. The summed E-state index contributed by atoms with van der Waals surface area (Å²) in [7, 11) is 0.00209. The number of carbonyl (C=O) groups is 2. The lowest BCUT2D eigenvalue weighted by Gasteiger charge is -2.10. The predicted molar refractivity (Wildman–Crippen MR) is 136 cm³/mol. The Labute approximate surface area is 217 Å². The maximum atomic E-state index is 11.7. The van der Waals surface area contributed by atoms with Crippen LogP contribution in [0.3, 0.4) is 0 Å². The monoisotopic (exact) mass is 568 g/mol. The number of halogens is 1. The van der Waals surface area contributed by atoms with Crippen LogP contribution < -0.4 is 0 Å². The van der Waals surface area contributed by atoms with E-state index in [-0.39, 0.29) is 17.2 Å². The molecule has 0 aromatic heterocycles. The zero-order valence-electron chi connectivity index (χ0n) is 20.1. The quantitative estimate of drug-likeness (QED) is 0.312. The van der Waals surface area contributed by atoms with Crippen molar-refractivity contribution in [3.8, 4) is 0 Å². The Kier molecular flexibility index (Phi) is 16.1. The van der Waals surface area contributed by atoms with Crippen LogP contribution in [0.2, 0.25) is 0 Å². The standard InChI is InChI=1S/C11H14O5S.C7H7ClO2S.C4H8O3.CH4/c1-8-4-6-10(7-5-8)17(13,14)16-9(2)11(12)15-3;1-6-2-4-7(5-3-6)11(8,9)10;1-3(5)4(6)7-2;/h4-7,9H,1-3H3;2-5H,1H3;3,5H,1-2H3;1H4/t9-;;3-;/m1.1./s1. The third-order valence-electron chi connectivity index (χ3n) is 3.96. The average Bonchev–Trinajstić information content (AvgIpc) is 2.78. The van der Waals surface area contributed by atoms with Gasteiger partial charge in [-0.1, -0.05) is 42.8 Å². The minimum atomic E-state index is -3.93. The summed E-state index contributed by atoms with van der Waals surface area (Å²) in [5.41, 5.74) is 1.94. The fourth-order valence-corrected chi connectivity index (χ4v) is 3.84. The summed E-state index contributed by atoms with van der Waals surface area (Å²) in [4.78, 5) is 21.3. The van der Waals surface area contributed by atoms with E-state index in [1.807, 2.05) is 13.8 Å². The van der Waals surface area contributed by atoms with Gasteiger partial charge in [0, 0.05) is 10.7 Å². The zero-order valence-corrected chi connectivity index (χ0v) is 22.5. The van der Waals surface area contributed by atoms with Crippen LogP contribution in [-0.2, 0) is 42.4 Å². The van der Waals surface area contributed by atoms with Crippen LogP contribution in [0, 0.1) is 13.8 Å². The van der Waals surface area contributed by atoms with Crippen LogP contribution in [0.25, 0.3) is 0 Å². The second kappa shape index (κ2) is 16.3. The van der Waals surface area contributed by atoms with Crippen molar-refractivity contribution in [1.82, 2.24) is 0 Å². The second-order valence-electron chi connectivity index (χ2n) is 6.98. The smallest absolute Gasteiger partial charge is 0.336 e. The number of aryl methyl sites for hydroxylation is 2. The maximum absolute atomic E-state index is 11.7. The number of aliphatic hydroxyl groups excluding tert-OH is 1. The molecule has 2 rings (SSSR count). The van der Waals surface area contributed by atoms with Crippen LogP contribution in [0.15, 0.2) is 58.3 Å². The summed E-state index contributed by atoms with van der Waals surface area (Å²) in [6, 6.07) is 12.5. The topological polar surface area (TPSA) is 150 Å². The molecule has 0 aliphatic carbocycles. The van der Waals surface area contributed by atoms with Gasteiger partial charge in [-0.25, -0.2) is 18.0 Å². The molecule has 0 fully saturated rings. The Morgan fingerprint density at radius 2 is 1.14 bits per heavy atom. The molecule has 10 nitrogen and oxygen atoms in total. The SMILES string of the molecule is C.COC(=O)[C@@H](C)O.COC(=O)[C@@H](C)OS(=O)(=O)c1ccc(C)cc1.Cc1ccc(S(=O)(=O)Cl)cc1. The molecule has 0 saturated heterocycles. The Hall–Kier alpha value is -2.51. The van der Waals surface area contributed by atoms with Gasteiger partial charge in [0.2, 0.25) is 0 Å². The van der Waals surface area contributed by atoms with Gasteiger partial charge >= 0.3 is 11.9 Å².